The standard InChI is InChI=1S/C10H15NO2S/c12-5-1-4-10-11-8(7-13-10)9-3-2-6-14-9/h7,9,12H,1-6H2. The lowest BCUT2D eigenvalue weighted by molar-refractivity contribution is 0.283. The molecule has 1 saturated heterocycles. The predicted octanol–water partition coefficient (Wildman–Crippen LogP) is 2.17. The summed E-state index contributed by atoms with van der Waals surface area (Å²) in [6, 6.07) is 0. The summed E-state index contributed by atoms with van der Waals surface area (Å²) < 4.78 is 5.34. The van der Waals surface area contributed by atoms with Gasteiger partial charge in [-0.2, -0.15) is 11.8 Å². The second kappa shape index (κ2) is 4.84. The summed E-state index contributed by atoms with van der Waals surface area (Å²) in [4.78, 5) is 4.43. The molecule has 3 nitrogen and oxygen atoms in total. The fourth-order valence-corrected chi connectivity index (χ4v) is 2.86. The van der Waals surface area contributed by atoms with Crippen molar-refractivity contribution in [3.8, 4) is 0 Å². The highest BCUT2D eigenvalue weighted by atomic mass is 32.2. The summed E-state index contributed by atoms with van der Waals surface area (Å²) in [5, 5.41) is 9.22. The third-order valence-electron chi connectivity index (χ3n) is 2.38. The Morgan fingerprint density at radius 2 is 2.57 bits per heavy atom. The molecule has 1 atom stereocenters. The molecule has 0 bridgehead atoms. The monoisotopic (exact) mass is 213 g/mol. The van der Waals surface area contributed by atoms with Gasteiger partial charge in [-0.25, -0.2) is 4.98 Å². The molecule has 0 aromatic carbocycles. The molecule has 0 amide bonds. The van der Waals surface area contributed by atoms with Crippen molar-refractivity contribution in [2.45, 2.75) is 30.9 Å². The van der Waals surface area contributed by atoms with E-state index >= 15 is 0 Å². The van der Waals surface area contributed by atoms with Gasteiger partial charge < -0.3 is 9.52 Å². The Morgan fingerprint density at radius 1 is 1.64 bits per heavy atom. The summed E-state index contributed by atoms with van der Waals surface area (Å²) in [7, 11) is 0. The number of aliphatic hydroxyl groups is 1. The van der Waals surface area contributed by atoms with Gasteiger partial charge in [0.2, 0.25) is 0 Å². The van der Waals surface area contributed by atoms with Crippen LogP contribution in [0.2, 0.25) is 0 Å². The topological polar surface area (TPSA) is 46.3 Å². The molecule has 1 aliphatic rings. The maximum absolute atomic E-state index is 8.67. The molecule has 0 aliphatic carbocycles. The quantitative estimate of drug-likeness (QED) is 0.832. The number of nitrogens with zero attached hydrogens (tertiary/aromatic N) is 1. The van der Waals surface area contributed by atoms with E-state index in [-0.39, 0.29) is 6.61 Å². The van der Waals surface area contributed by atoms with Crippen molar-refractivity contribution in [1.29, 1.82) is 0 Å². The third-order valence-corrected chi connectivity index (χ3v) is 3.78. The molecule has 1 N–H and O–H groups in total. The van der Waals surface area contributed by atoms with E-state index < -0.39 is 0 Å². The van der Waals surface area contributed by atoms with E-state index in [1.54, 1.807) is 6.26 Å². The summed E-state index contributed by atoms with van der Waals surface area (Å²) in [5.74, 6) is 2.00. The Labute approximate surface area is 87.9 Å². The SMILES string of the molecule is OCCCc1nc(C2CCCS2)co1. The minimum absolute atomic E-state index is 0.204. The number of aryl methyl sites for hydroxylation is 1. The molecule has 2 heterocycles. The number of hydrogen-bond donors (Lipinski definition) is 1. The molecule has 1 unspecified atom stereocenters. The number of oxazole rings is 1. The van der Waals surface area contributed by atoms with Gasteiger partial charge in [-0.15, -0.1) is 0 Å². The first kappa shape index (κ1) is 10.1. The third kappa shape index (κ3) is 2.30. The molecule has 4 heteroatoms. The van der Waals surface area contributed by atoms with Crippen molar-refractivity contribution >= 4 is 11.8 Å². The van der Waals surface area contributed by atoms with Crippen LogP contribution in [0, 0.1) is 0 Å². The number of thioether (sulfide) groups is 1. The van der Waals surface area contributed by atoms with Crippen LogP contribution in [0.25, 0.3) is 0 Å². The molecule has 14 heavy (non-hydrogen) atoms. The summed E-state index contributed by atoms with van der Waals surface area (Å²) in [6.45, 7) is 0.204. The van der Waals surface area contributed by atoms with E-state index in [1.165, 1.54) is 18.6 Å². The number of hydrogen-bond acceptors (Lipinski definition) is 4. The fourth-order valence-electron chi connectivity index (χ4n) is 1.63. The highest BCUT2D eigenvalue weighted by molar-refractivity contribution is 7.99. The summed E-state index contributed by atoms with van der Waals surface area (Å²) in [5.41, 5.74) is 1.08. The molecule has 2 rings (SSSR count). The van der Waals surface area contributed by atoms with E-state index in [9.17, 15) is 0 Å². The molecule has 1 fully saturated rings. The molecule has 1 aromatic rings. The Kier molecular flexibility index (Phi) is 3.48. The molecule has 1 aromatic heterocycles. The molecular formula is C10H15NO2S. The van der Waals surface area contributed by atoms with Crippen LogP contribution in [0.1, 0.15) is 36.1 Å². The zero-order chi connectivity index (χ0) is 9.80. The predicted molar refractivity (Wildman–Crippen MR) is 56.3 cm³/mol. The van der Waals surface area contributed by atoms with Crippen LogP contribution in [-0.4, -0.2) is 22.5 Å². The van der Waals surface area contributed by atoms with Crippen molar-refractivity contribution in [3.63, 3.8) is 0 Å². The lowest BCUT2D eigenvalue weighted by Gasteiger charge is -2.00. The zero-order valence-electron chi connectivity index (χ0n) is 8.11. The Balaban J connectivity index is 1.94. The first-order valence-electron chi connectivity index (χ1n) is 5.07. The average Bonchev–Trinajstić information content (AvgIpc) is 2.85. The minimum Gasteiger partial charge on any atom is -0.449 e. The van der Waals surface area contributed by atoms with Crippen LogP contribution in [0.4, 0.5) is 0 Å². The second-order valence-electron chi connectivity index (χ2n) is 3.49. The molecule has 0 spiro atoms. The number of aliphatic hydroxyl groups excluding tert-OH is 1. The summed E-state index contributed by atoms with van der Waals surface area (Å²) in [6.07, 6.45) is 5.76. The van der Waals surface area contributed by atoms with Crippen molar-refractivity contribution in [1.82, 2.24) is 4.98 Å². The van der Waals surface area contributed by atoms with Gasteiger partial charge in [0.15, 0.2) is 5.89 Å². The first-order chi connectivity index (χ1) is 6.90. The maximum atomic E-state index is 8.67. The summed E-state index contributed by atoms with van der Waals surface area (Å²) >= 11 is 1.96. The van der Waals surface area contributed by atoms with Crippen LogP contribution in [0.5, 0.6) is 0 Å². The lowest BCUT2D eigenvalue weighted by atomic mass is 10.2. The number of rotatable bonds is 4. The lowest BCUT2D eigenvalue weighted by Crippen LogP contribution is -1.92. The maximum Gasteiger partial charge on any atom is 0.194 e. The molecule has 78 valence electrons. The van der Waals surface area contributed by atoms with Crippen molar-refractivity contribution in [2.75, 3.05) is 12.4 Å². The Morgan fingerprint density at radius 3 is 3.29 bits per heavy atom. The molecular weight excluding hydrogens is 198 g/mol. The first-order valence-corrected chi connectivity index (χ1v) is 6.12. The largest absolute Gasteiger partial charge is 0.449 e. The van der Waals surface area contributed by atoms with Crippen LogP contribution in [0.15, 0.2) is 10.7 Å². The van der Waals surface area contributed by atoms with Crippen LogP contribution < -0.4 is 0 Å². The van der Waals surface area contributed by atoms with Gasteiger partial charge in [0.25, 0.3) is 0 Å². The Hall–Kier alpha value is -0.480. The van der Waals surface area contributed by atoms with E-state index in [2.05, 4.69) is 4.98 Å². The fraction of sp³-hybridized carbons (Fsp3) is 0.700. The normalized spacial score (nSPS) is 21.6. The highest BCUT2D eigenvalue weighted by Gasteiger charge is 2.20. The molecule has 1 aliphatic heterocycles. The smallest absolute Gasteiger partial charge is 0.194 e. The van der Waals surface area contributed by atoms with Crippen LogP contribution in [-0.2, 0) is 6.42 Å². The van der Waals surface area contributed by atoms with Crippen LogP contribution in [0.3, 0.4) is 0 Å². The number of aromatic nitrogens is 1. The van der Waals surface area contributed by atoms with Gasteiger partial charge in [-0.05, 0) is 25.0 Å². The zero-order valence-corrected chi connectivity index (χ0v) is 8.92. The average molecular weight is 213 g/mol. The highest BCUT2D eigenvalue weighted by Crippen LogP contribution is 2.39. The van der Waals surface area contributed by atoms with E-state index in [1.807, 2.05) is 11.8 Å². The van der Waals surface area contributed by atoms with E-state index in [0.29, 0.717) is 5.25 Å². The van der Waals surface area contributed by atoms with Gasteiger partial charge in [0.1, 0.15) is 6.26 Å². The molecule has 0 radical (unpaired) electrons. The van der Waals surface area contributed by atoms with Gasteiger partial charge in [-0.3, -0.25) is 0 Å². The van der Waals surface area contributed by atoms with E-state index in [4.69, 9.17) is 9.52 Å². The van der Waals surface area contributed by atoms with Crippen molar-refractivity contribution in [2.24, 2.45) is 0 Å². The van der Waals surface area contributed by atoms with Crippen LogP contribution >= 0.6 is 11.8 Å². The van der Waals surface area contributed by atoms with Gasteiger partial charge in [0.05, 0.1) is 10.9 Å². The van der Waals surface area contributed by atoms with Gasteiger partial charge in [0, 0.05) is 13.0 Å². The van der Waals surface area contributed by atoms with Crippen molar-refractivity contribution in [3.05, 3.63) is 17.8 Å². The van der Waals surface area contributed by atoms with E-state index in [0.717, 1.165) is 24.4 Å². The van der Waals surface area contributed by atoms with Gasteiger partial charge in [-0.1, -0.05) is 0 Å². The Bertz CT molecular complexity index is 281. The minimum atomic E-state index is 0.204. The van der Waals surface area contributed by atoms with Gasteiger partial charge >= 0.3 is 0 Å². The second-order valence-corrected chi connectivity index (χ2v) is 4.81. The molecule has 0 saturated carbocycles. The van der Waals surface area contributed by atoms with Crippen molar-refractivity contribution < 1.29 is 9.52 Å².